The van der Waals surface area contributed by atoms with Gasteiger partial charge in [0.2, 0.25) is 0 Å². The van der Waals surface area contributed by atoms with Crippen molar-refractivity contribution in [2.45, 2.75) is 19.0 Å². The van der Waals surface area contributed by atoms with Crippen molar-refractivity contribution in [3.63, 3.8) is 0 Å². The number of halogens is 3. The lowest BCUT2D eigenvalue weighted by Crippen LogP contribution is -2.16. The van der Waals surface area contributed by atoms with Crippen LogP contribution in [0.15, 0.2) is 18.3 Å². The van der Waals surface area contributed by atoms with Gasteiger partial charge in [0.1, 0.15) is 0 Å². The molecule has 0 N–H and O–H groups in total. The molecule has 96 valence electrons. The van der Waals surface area contributed by atoms with E-state index < -0.39 is 23.6 Å². The zero-order chi connectivity index (χ0) is 13.8. The van der Waals surface area contributed by atoms with Crippen LogP contribution in [0.25, 0.3) is 0 Å². The summed E-state index contributed by atoms with van der Waals surface area (Å²) in [6, 6.07) is 3.41. The Bertz CT molecular complexity index is 463. The van der Waals surface area contributed by atoms with Crippen molar-refractivity contribution in [2.24, 2.45) is 0 Å². The van der Waals surface area contributed by atoms with E-state index in [9.17, 15) is 18.0 Å². The summed E-state index contributed by atoms with van der Waals surface area (Å²) in [7, 11) is 0. The first-order valence-corrected chi connectivity index (χ1v) is 4.99. The Balaban J connectivity index is 2.97. The number of alkyl halides is 3. The number of pyridine rings is 1. The third kappa shape index (κ3) is 3.20. The Morgan fingerprint density at radius 3 is 2.61 bits per heavy atom. The summed E-state index contributed by atoms with van der Waals surface area (Å²) in [4.78, 5) is 14.8. The first kappa shape index (κ1) is 14.0. The minimum atomic E-state index is -4.50. The average Bonchev–Trinajstić information content (AvgIpc) is 2.30. The normalized spacial score (nSPS) is 12.6. The maximum atomic E-state index is 12.3. The number of rotatable bonds is 3. The van der Waals surface area contributed by atoms with Gasteiger partial charge in [0.25, 0.3) is 0 Å². The fourth-order valence-electron chi connectivity index (χ4n) is 1.21. The molecule has 0 aliphatic carbocycles. The van der Waals surface area contributed by atoms with Gasteiger partial charge in [-0.3, -0.25) is 9.78 Å². The molecule has 0 radical (unpaired) electrons. The van der Waals surface area contributed by atoms with Crippen LogP contribution in [0.5, 0.6) is 0 Å². The zero-order valence-corrected chi connectivity index (χ0v) is 9.36. The van der Waals surface area contributed by atoms with Gasteiger partial charge in [-0.05, 0) is 19.1 Å². The Morgan fingerprint density at radius 1 is 1.56 bits per heavy atom. The van der Waals surface area contributed by atoms with Crippen LogP contribution < -0.4 is 0 Å². The van der Waals surface area contributed by atoms with E-state index in [-0.39, 0.29) is 12.3 Å². The van der Waals surface area contributed by atoms with Crippen LogP contribution in [0, 0.1) is 11.3 Å². The first-order valence-electron chi connectivity index (χ1n) is 4.99. The molecule has 1 aromatic heterocycles. The van der Waals surface area contributed by atoms with Crippen LogP contribution >= 0.6 is 0 Å². The molecule has 0 bridgehead atoms. The monoisotopic (exact) mass is 258 g/mol. The summed E-state index contributed by atoms with van der Waals surface area (Å²) in [5.41, 5.74) is -1.00. The second-order valence-electron chi connectivity index (χ2n) is 3.28. The number of aromatic nitrogens is 1. The lowest BCUT2D eigenvalue weighted by atomic mass is 10.1. The molecular formula is C11H9F3N2O2. The maximum absolute atomic E-state index is 12.3. The van der Waals surface area contributed by atoms with Crippen molar-refractivity contribution >= 4 is 5.97 Å². The predicted molar refractivity (Wildman–Crippen MR) is 54.2 cm³/mol. The lowest BCUT2D eigenvalue weighted by Gasteiger charge is -2.09. The molecule has 0 saturated carbocycles. The summed E-state index contributed by atoms with van der Waals surface area (Å²) in [6.07, 6.45) is -3.92. The van der Waals surface area contributed by atoms with Gasteiger partial charge in [-0.2, -0.15) is 18.4 Å². The average molecular weight is 258 g/mol. The smallest absolute Gasteiger partial charge is 0.417 e. The Labute approximate surface area is 101 Å². The maximum Gasteiger partial charge on any atom is 0.417 e. The highest BCUT2D eigenvalue weighted by molar-refractivity contribution is 5.80. The van der Waals surface area contributed by atoms with Crippen LogP contribution in [0.3, 0.4) is 0 Å². The van der Waals surface area contributed by atoms with E-state index in [0.29, 0.717) is 6.20 Å². The minimum Gasteiger partial charge on any atom is -0.465 e. The molecule has 1 unspecified atom stereocenters. The van der Waals surface area contributed by atoms with Crippen molar-refractivity contribution in [3.05, 3.63) is 29.6 Å². The van der Waals surface area contributed by atoms with Gasteiger partial charge in [-0.1, -0.05) is 0 Å². The van der Waals surface area contributed by atoms with E-state index in [2.05, 4.69) is 9.72 Å². The van der Waals surface area contributed by atoms with Gasteiger partial charge in [0, 0.05) is 6.20 Å². The highest BCUT2D eigenvalue weighted by Gasteiger charge is 2.31. The van der Waals surface area contributed by atoms with Crippen LogP contribution in [0.4, 0.5) is 13.2 Å². The number of nitrogens with zero attached hydrogens (tertiary/aromatic N) is 2. The molecule has 0 saturated heterocycles. The van der Waals surface area contributed by atoms with E-state index in [0.717, 1.165) is 12.1 Å². The molecule has 0 aliphatic heterocycles. The molecule has 7 heteroatoms. The molecule has 4 nitrogen and oxygen atoms in total. The van der Waals surface area contributed by atoms with Crippen molar-refractivity contribution in [3.8, 4) is 6.07 Å². The Kier molecular flexibility index (Phi) is 4.26. The number of hydrogen-bond acceptors (Lipinski definition) is 4. The summed E-state index contributed by atoms with van der Waals surface area (Å²) >= 11 is 0. The number of ether oxygens (including phenoxy) is 1. The molecule has 0 spiro atoms. The largest absolute Gasteiger partial charge is 0.465 e. The van der Waals surface area contributed by atoms with Crippen molar-refractivity contribution in [2.75, 3.05) is 6.61 Å². The number of carbonyl (C=O) groups excluding carboxylic acids is 1. The van der Waals surface area contributed by atoms with Gasteiger partial charge in [0.05, 0.1) is 23.9 Å². The third-order valence-corrected chi connectivity index (χ3v) is 2.06. The van der Waals surface area contributed by atoms with Gasteiger partial charge in [-0.25, -0.2) is 0 Å². The fraction of sp³-hybridized carbons (Fsp3) is 0.364. The van der Waals surface area contributed by atoms with Gasteiger partial charge in [0.15, 0.2) is 5.92 Å². The summed E-state index contributed by atoms with van der Waals surface area (Å²) in [6.45, 7) is 1.64. The number of nitriles is 1. The van der Waals surface area contributed by atoms with Crippen molar-refractivity contribution in [1.29, 1.82) is 5.26 Å². The van der Waals surface area contributed by atoms with Gasteiger partial charge < -0.3 is 4.74 Å². The first-order chi connectivity index (χ1) is 8.40. The summed E-state index contributed by atoms with van der Waals surface area (Å²) < 4.78 is 41.5. The van der Waals surface area contributed by atoms with Gasteiger partial charge >= 0.3 is 12.1 Å². The quantitative estimate of drug-likeness (QED) is 0.780. The van der Waals surface area contributed by atoms with Crippen molar-refractivity contribution < 1.29 is 22.7 Å². The SMILES string of the molecule is CCOC(=O)C(C#N)c1ccc(C(F)(F)F)cn1. The van der Waals surface area contributed by atoms with E-state index in [4.69, 9.17) is 5.26 Å². The van der Waals surface area contributed by atoms with Crippen LogP contribution in [0.2, 0.25) is 0 Å². The number of hydrogen-bond donors (Lipinski definition) is 0. The molecule has 0 aromatic carbocycles. The standard InChI is InChI=1S/C11H9F3N2O2/c1-2-18-10(17)8(5-15)9-4-3-7(6-16-9)11(12,13)14/h3-4,6,8H,2H2,1H3. The van der Waals surface area contributed by atoms with Crippen LogP contribution in [0.1, 0.15) is 24.1 Å². The minimum absolute atomic E-state index is 0.0658. The molecule has 1 heterocycles. The van der Waals surface area contributed by atoms with Gasteiger partial charge in [-0.15, -0.1) is 0 Å². The van der Waals surface area contributed by atoms with Crippen LogP contribution in [-0.4, -0.2) is 17.6 Å². The Hall–Kier alpha value is -2.10. The van der Waals surface area contributed by atoms with Crippen molar-refractivity contribution in [1.82, 2.24) is 4.98 Å². The molecule has 18 heavy (non-hydrogen) atoms. The highest BCUT2D eigenvalue weighted by Crippen LogP contribution is 2.29. The topological polar surface area (TPSA) is 63.0 Å². The summed E-state index contributed by atoms with van der Waals surface area (Å²) in [5.74, 6) is -2.14. The van der Waals surface area contributed by atoms with E-state index in [1.165, 1.54) is 0 Å². The number of carbonyl (C=O) groups is 1. The lowest BCUT2D eigenvalue weighted by molar-refractivity contribution is -0.143. The molecule has 1 atom stereocenters. The van der Waals surface area contributed by atoms with E-state index in [1.807, 2.05) is 0 Å². The summed E-state index contributed by atoms with van der Waals surface area (Å²) in [5, 5.41) is 8.79. The zero-order valence-electron chi connectivity index (χ0n) is 9.36. The molecular weight excluding hydrogens is 249 g/mol. The van der Waals surface area contributed by atoms with E-state index in [1.54, 1.807) is 13.0 Å². The third-order valence-electron chi connectivity index (χ3n) is 2.06. The molecule has 0 amide bonds. The van der Waals surface area contributed by atoms with Crippen LogP contribution in [-0.2, 0) is 15.7 Å². The highest BCUT2D eigenvalue weighted by atomic mass is 19.4. The second kappa shape index (κ2) is 5.49. The molecule has 1 rings (SSSR count). The van der Waals surface area contributed by atoms with E-state index >= 15 is 0 Å². The molecule has 0 aliphatic rings. The Morgan fingerprint density at radius 2 is 2.22 bits per heavy atom. The molecule has 0 fully saturated rings. The number of esters is 1. The molecule has 1 aromatic rings. The second-order valence-corrected chi connectivity index (χ2v) is 3.28. The fourth-order valence-corrected chi connectivity index (χ4v) is 1.21. The predicted octanol–water partition coefficient (Wildman–Crippen LogP) is 2.27.